The molecule has 1 aromatic heterocycles. The largest absolute Gasteiger partial charge is 0.481 e. The molecule has 1 amide bonds. The fourth-order valence-electron chi connectivity index (χ4n) is 9.04. The molecule has 2 saturated heterocycles. The number of unbranched alkanes of at least 4 members (excludes halogenated alkanes) is 1. The number of ketones is 1. The first kappa shape index (κ1) is 49.5. The second-order valence-electron chi connectivity index (χ2n) is 17.7. The first-order valence-electron chi connectivity index (χ1n) is 21.7. The van der Waals surface area contributed by atoms with Gasteiger partial charge in [0.1, 0.15) is 23.3 Å². The third kappa shape index (κ3) is 12.1. The highest BCUT2D eigenvalue weighted by Crippen LogP contribution is 2.40. The topological polar surface area (TPSA) is 236 Å². The van der Waals surface area contributed by atoms with Crippen LogP contribution in [0.5, 0.6) is 0 Å². The molecule has 13 atom stereocenters. The number of carboxylic acids is 1. The number of hydrogen-bond acceptors (Lipinski definition) is 14. The van der Waals surface area contributed by atoms with Crippen molar-refractivity contribution in [2.45, 2.75) is 155 Å². The van der Waals surface area contributed by atoms with E-state index in [2.05, 4.69) is 41.7 Å². The third-order valence-corrected chi connectivity index (χ3v) is 13.0. The number of aryl methyl sites for hydroxylation is 1. The van der Waals surface area contributed by atoms with Crippen molar-refractivity contribution in [3.8, 4) is 17.3 Å². The monoisotopic (exact) mass is 855 g/mol. The molecule has 0 saturated carbocycles. The Bertz CT molecular complexity index is 1810. The van der Waals surface area contributed by atoms with Crippen LogP contribution in [0.1, 0.15) is 94.4 Å². The summed E-state index contributed by atoms with van der Waals surface area (Å²) in [4.78, 5) is 41.0. The number of Topliss-reactive ketones (excluding diaryl/α,β-unsaturated/α-hetero) is 1. The van der Waals surface area contributed by atoms with Crippen LogP contribution in [0.4, 0.5) is 10.5 Å². The van der Waals surface area contributed by atoms with Gasteiger partial charge >= 0.3 is 12.1 Å². The predicted octanol–water partition coefficient (Wildman–Crippen LogP) is 4.63. The van der Waals surface area contributed by atoms with E-state index in [-0.39, 0.29) is 42.7 Å². The van der Waals surface area contributed by atoms with Crippen molar-refractivity contribution in [3.63, 3.8) is 0 Å². The number of nitrogens with zero attached hydrogens (tertiary/aromatic N) is 5. The molecule has 0 bridgehead atoms. The van der Waals surface area contributed by atoms with Crippen LogP contribution in [-0.4, -0.2) is 129 Å². The number of carbonyl (C=O) groups excluding carboxylic acids is 2. The fourth-order valence-corrected chi connectivity index (χ4v) is 9.04. The number of rotatable bonds is 24. The van der Waals surface area contributed by atoms with Gasteiger partial charge in [-0.1, -0.05) is 45.0 Å². The molecule has 3 unspecified atom stereocenters. The molecule has 2 aliphatic heterocycles. The smallest absolute Gasteiger partial charge is 0.410 e. The molecule has 61 heavy (non-hydrogen) atoms. The Kier molecular flexibility index (Phi) is 17.6. The van der Waals surface area contributed by atoms with Gasteiger partial charge in [-0.3, -0.25) is 24.5 Å². The van der Waals surface area contributed by atoms with E-state index in [0.717, 1.165) is 30.5 Å². The van der Waals surface area contributed by atoms with Crippen LogP contribution in [0, 0.1) is 35.0 Å². The maximum atomic E-state index is 13.6. The van der Waals surface area contributed by atoms with Crippen LogP contribution in [0.15, 0.2) is 30.5 Å². The standard InChI is InChI=1S/C44H70N8O9/c1-11-27(3)44(9)38(52(42(57)61-44)20-13-12-19-51-25-35(49-50-51)32-15-14-16-33(46)22-32)31(7)48-24-26(2)23-43(8,58-10)39(29(5)36(53)30(6)40(55)56)60-41-37(54)34(47-18-17-45)21-28(4)59-41/h14-16,22,25-31,34,37-39,41,47-48,54H,11-13,18-21,23-24,46H2,1-10H3,(H,55,56)/t26-,27-,28?,29+,30-,31-,34?,37?,38-,39-,41+,43-,44-/m1/s1. The van der Waals surface area contributed by atoms with Gasteiger partial charge in [0.25, 0.3) is 0 Å². The number of aromatic nitrogens is 3. The zero-order chi connectivity index (χ0) is 45.2. The predicted molar refractivity (Wildman–Crippen MR) is 229 cm³/mol. The first-order valence-corrected chi connectivity index (χ1v) is 21.7. The number of anilines is 1. The summed E-state index contributed by atoms with van der Waals surface area (Å²) in [5.41, 5.74) is 6.34. The highest BCUT2D eigenvalue weighted by Gasteiger charge is 2.55. The van der Waals surface area contributed by atoms with Gasteiger partial charge in [0.05, 0.1) is 42.7 Å². The minimum atomic E-state index is -1.31. The number of carboxylic acid groups (broad SMARTS) is 1. The lowest BCUT2D eigenvalue weighted by Crippen LogP contribution is -2.59. The number of methoxy groups -OCH3 is 1. The average Bonchev–Trinajstić information content (AvgIpc) is 3.81. The Hall–Kier alpha value is -4.18. The Balaban J connectivity index is 1.47. The molecule has 2 aromatic rings. The number of cyclic esters (lactones) is 1. The van der Waals surface area contributed by atoms with Crippen molar-refractivity contribution in [1.82, 2.24) is 30.5 Å². The van der Waals surface area contributed by atoms with Crippen molar-refractivity contribution in [2.24, 2.45) is 23.7 Å². The number of hydrogen-bond donors (Lipinski definition) is 5. The van der Waals surface area contributed by atoms with Gasteiger partial charge in [0.15, 0.2) is 12.1 Å². The summed E-state index contributed by atoms with van der Waals surface area (Å²) in [6, 6.07) is 8.57. The van der Waals surface area contributed by atoms with Crippen LogP contribution in [0.2, 0.25) is 0 Å². The molecule has 17 heteroatoms. The second-order valence-corrected chi connectivity index (χ2v) is 17.7. The lowest BCUT2D eigenvalue weighted by molar-refractivity contribution is -0.290. The fraction of sp³-hybridized carbons (Fsp3) is 0.727. The number of nitriles is 1. The molecule has 0 radical (unpaired) electrons. The van der Waals surface area contributed by atoms with E-state index in [1.165, 1.54) is 14.0 Å². The van der Waals surface area contributed by atoms with Crippen molar-refractivity contribution in [2.75, 3.05) is 32.5 Å². The Morgan fingerprint density at radius 3 is 2.54 bits per heavy atom. The third-order valence-electron chi connectivity index (χ3n) is 13.0. The van der Waals surface area contributed by atoms with E-state index in [9.17, 15) is 24.6 Å². The Labute approximate surface area is 361 Å². The number of aliphatic hydroxyl groups excluding tert-OH is 1. The molecular weight excluding hydrogens is 785 g/mol. The molecule has 3 heterocycles. The molecule has 0 spiro atoms. The van der Waals surface area contributed by atoms with Crippen molar-refractivity contribution in [1.29, 1.82) is 5.26 Å². The van der Waals surface area contributed by atoms with Crippen molar-refractivity contribution < 1.29 is 43.5 Å². The summed E-state index contributed by atoms with van der Waals surface area (Å²) in [5.74, 6) is -4.08. The maximum absolute atomic E-state index is 13.6. The van der Waals surface area contributed by atoms with E-state index >= 15 is 0 Å². The van der Waals surface area contributed by atoms with Gasteiger partial charge in [-0.15, -0.1) is 5.10 Å². The summed E-state index contributed by atoms with van der Waals surface area (Å²) < 4.78 is 26.8. The summed E-state index contributed by atoms with van der Waals surface area (Å²) in [6.45, 7) is 18.6. The lowest BCUT2D eigenvalue weighted by Gasteiger charge is -2.46. The van der Waals surface area contributed by atoms with E-state index < -0.39 is 59.3 Å². The van der Waals surface area contributed by atoms with Gasteiger partial charge < -0.3 is 40.2 Å². The number of carbonyl (C=O) groups is 3. The number of ether oxygens (including phenoxy) is 4. The van der Waals surface area contributed by atoms with Crippen LogP contribution < -0.4 is 16.4 Å². The number of amides is 1. The summed E-state index contributed by atoms with van der Waals surface area (Å²) in [6.07, 6.45) is 0.918. The van der Waals surface area contributed by atoms with E-state index in [4.69, 9.17) is 29.9 Å². The quantitative estimate of drug-likeness (QED) is 0.0419. The minimum absolute atomic E-state index is 0.0147. The maximum Gasteiger partial charge on any atom is 0.410 e. The molecule has 6 N–H and O–H groups in total. The van der Waals surface area contributed by atoms with E-state index in [1.54, 1.807) is 11.6 Å². The molecule has 340 valence electrons. The molecular formula is C44H70N8O9. The summed E-state index contributed by atoms with van der Waals surface area (Å²) in [7, 11) is 1.52. The van der Waals surface area contributed by atoms with Gasteiger partial charge in [0, 0.05) is 49.5 Å². The number of aliphatic hydroxyl groups is 1. The highest BCUT2D eigenvalue weighted by atomic mass is 16.7. The van der Waals surface area contributed by atoms with Crippen molar-refractivity contribution >= 4 is 23.5 Å². The normalized spacial score (nSPS) is 27.0. The number of nitrogens with one attached hydrogen (secondary N) is 2. The summed E-state index contributed by atoms with van der Waals surface area (Å²) in [5, 5.41) is 45.5. The molecule has 2 fully saturated rings. The Morgan fingerprint density at radius 1 is 1.20 bits per heavy atom. The second kappa shape index (κ2) is 21.8. The van der Waals surface area contributed by atoms with E-state index in [1.807, 2.05) is 69.1 Å². The molecule has 2 aliphatic rings. The van der Waals surface area contributed by atoms with Gasteiger partial charge in [-0.25, -0.2) is 4.79 Å². The first-order chi connectivity index (χ1) is 28.8. The summed E-state index contributed by atoms with van der Waals surface area (Å²) >= 11 is 0. The van der Waals surface area contributed by atoms with E-state index in [0.29, 0.717) is 38.2 Å². The van der Waals surface area contributed by atoms with Crippen molar-refractivity contribution in [3.05, 3.63) is 30.5 Å². The highest BCUT2D eigenvalue weighted by molar-refractivity contribution is 5.99. The number of benzene rings is 1. The average molecular weight is 855 g/mol. The Morgan fingerprint density at radius 2 is 1.90 bits per heavy atom. The molecule has 17 nitrogen and oxygen atoms in total. The number of aliphatic carboxylic acids is 1. The SMILES string of the molecule is CC[C@@H](C)[C@@]1(C)OC(=O)N(CCCCn2cc(-c3cccc(N)c3)nn2)[C@@H]1[C@@H](C)NC[C@H](C)C[C@@](C)(OC)[C@H](O[C@@H]1OC(C)CC(NCC#N)C1O)[C@@H](C)C(=O)[C@@H](C)C(=O)O. The van der Waals surface area contributed by atoms with Crippen LogP contribution in [0.25, 0.3) is 11.3 Å². The van der Waals surface area contributed by atoms with Crippen LogP contribution in [0.3, 0.4) is 0 Å². The zero-order valence-corrected chi connectivity index (χ0v) is 37.7. The number of nitrogens with two attached hydrogens (primary N) is 1. The van der Waals surface area contributed by atoms with Gasteiger partial charge in [-0.2, -0.15) is 5.26 Å². The van der Waals surface area contributed by atoms with Gasteiger partial charge in [-0.05, 0) is 97.2 Å². The number of nitrogen functional groups attached to an aromatic ring is 1. The van der Waals surface area contributed by atoms with Gasteiger partial charge in [0.2, 0.25) is 0 Å². The zero-order valence-electron chi connectivity index (χ0n) is 37.7. The molecule has 0 aliphatic carbocycles. The molecule has 1 aromatic carbocycles. The minimum Gasteiger partial charge on any atom is -0.481 e. The lowest BCUT2D eigenvalue weighted by atomic mass is 9.78. The molecule has 4 rings (SSSR count). The van der Waals surface area contributed by atoms with Crippen LogP contribution >= 0.6 is 0 Å². The van der Waals surface area contributed by atoms with Crippen LogP contribution in [-0.2, 0) is 35.1 Å².